The molecular weight excluding hydrogens is 212 g/mol. The molecule has 2 heteroatoms. The van der Waals surface area contributed by atoms with Crippen LogP contribution in [0.2, 0.25) is 0 Å². The van der Waals surface area contributed by atoms with Crippen molar-refractivity contribution in [1.29, 1.82) is 0 Å². The molecule has 0 saturated heterocycles. The van der Waals surface area contributed by atoms with Crippen LogP contribution in [0.25, 0.3) is 0 Å². The average molecular weight is 242 g/mol. The Balaban J connectivity index is 2.91. The molecule has 0 heterocycles. The quantitative estimate of drug-likeness (QED) is 0.265. The lowest BCUT2D eigenvalue weighted by Gasteiger charge is -2.04. The van der Waals surface area contributed by atoms with Gasteiger partial charge in [0.2, 0.25) is 0 Å². The van der Waals surface area contributed by atoms with Gasteiger partial charge in [-0.1, -0.05) is 58.1 Å². The number of ether oxygens (including phenoxy) is 2. The van der Waals surface area contributed by atoms with Gasteiger partial charge >= 0.3 is 0 Å². The third-order valence-corrected chi connectivity index (χ3v) is 2.64. The van der Waals surface area contributed by atoms with Crippen LogP contribution in [0.1, 0.15) is 65.2 Å². The van der Waals surface area contributed by atoms with Gasteiger partial charge in [-0.3, -0.25) is 0 Å². The van der Waals surface area contributed by atoms with Crippen LogP contribution >= 0.6 is 0 Å². The van der Waals surface area contributed by atoms with Crippen molar-refractivity contribution in [3.05, 3.63) is 12.2 Å². The summed E-state index contributed by atoms with van der Waals surface area (Å²) < 4.78 is 10.8. The smallest absolute Gasteiger partial charge is 0.146 e. The van der Waals surface area contributed by atoms with Crippen molar-refractivity contribution in [3.63, 3.8) is 0 Å². The van der Waals surface area contributed by atoms with Gasteiger partial charge in [-0.15, -0.1) is 0 Å². The predicted molar refractivity (Wildman–Crippen MR) is 74.2 cm³/mol. The number of rotatable bonds is 13. The van der Waals surface area contributed by atoms with Gasteiger partial charge in [0.1, 0.15) is 6.79 Å². The van der Waals surface area contributed by atoms with Crippen LogP contribution in [0.15, 0.2) is 12.2 Å². The van der Waals surface area contributed by atoms with E-state index in [9.17, 15) is 0 Å². The molecule has 2 nitrogen and oxygen atoms in total. The number of hydrogen-bond donors (Lipinski definition) is 0. The minimum Gasteiger partial charge on any atom is -0.355 e. The van der Waals surface area contributed by atoms with Crippen LogP contribution < -0.4 is 0 Å². The Kier molecular flexibility index (Phi) is 15.3. The Bertz CT molecular complexity index is 155. The fourth-order valence-corrected chi connectivity index (χ4v) is 1.60. The standard InChI is InChI=1S/C15H30O2/c1-3-5-7-9-10-12-14-17-15-16-13-11-8-6-4-2/h6,8H,3-5,7,9-15H2,1-2H3/b8-6-. The van der Waals surface area contributed by atoms with Gasteiger partial charge in [0, 0.05) is 6.61 Å². The average Bonchev–Trinajstić information content (AvgIpc) is 2.35. The molecule has 0 rings (SSSR count). The topological polar surface area (TPSA) is 18.5 Å². The second-order valence-electron chi connectivity index (χ2n) is 4.37. The minimum atomic E-state index is 0.453. The van der Waals surface area contributed by atoms with E-state index in [2.05, 4.69) is 26.0 Å². The molecule has 0 spiro atoms. The summed E-state index contributed by atoms with van der Waals surface area (Å²) in [5.74, 6) is 0. The Morgan fingerprint density at radius 3 is 2.24 bits per heavy atom. The fourth-order valence-electron chi connectivity index (χ4n) is 1.60. The number of allylic oxidation sites excluding steroid dienone is 1. The van der Waals surface area contributed by atoms with E-state index >= 15 is 0 Å². The molecule has 0 aliphatic rings. The second kappa shape index (κ2) is 15.7. The maximum absolute atomic E-state index is 5.40. The molecule has 0 fully saturated rings. The van der Waals surface area contributed by atoms with Crippen LogP contribution in [0.4, 0.5) is 0 Å². The molecule has 0 bridgehead atoms. The Labute approximate surface area is 107 Å². The van der Waals surface area contributed by atoms with E-state index in [1.54, 1.807) is 0 Å². The van der Waals surface area contributed by atoms with Crippen LogP contribution in [-0.4, -0.2) is 20.0 Å². The van der Waals surface area contributed by atoms with Gasteiger partial charge in [0.15, 0.2) is 0 Å². The summed E-state index contributed by atoms with van der Waals surface area (Å²) in [6.07, 6.45) is 14.3. The van der Waals surface area contributed by atoms with E-state index in [-0.39, 0.29) is 0 Å². The zero-order valence-electron chi connectivity index (χ0n) is 11.7. The van der Waals surface area contributed by atoms with Crippen molar-refractivity contribution in [2.45, 2.75) is 65.2 Å². The van der Waals surface area contributed by atoms with Gasteiger partial charge in [0.25, 0.3) is 0 Å². The molecule has 0 aliphatic heterocycles. The molecule has 0 saturated carbocycles. The summed E-state index contributed by atoms with van der Waals surface area (Å²) >= 11 is 0. The molecule has 0 aromatic heterocycles. The molecule has 0 N–H and O–H groups in total. The molecule has 102 valence electrons. The van der Waals surface area contributed by atoms with E-state index in [0.717, 1.165) is 26.1 Å². The van der Waals surface area contributed by atoms with E-state index in [1.807, 2.05) is 0 Å². The molecular formula is C15H30O2. The number of hydrogen-bond acceptors (Lipinski definition) is 2. The maximum Gasteiger partial charge on any atom is 0.146 e. The van der Waals surface area contributed by atoms with Crippen LogP contribution in [-0.2, 0) is 9.47 Å². The summed E-state index contributed by atoms with van der Waals surface area (Å²) in [6, 6.07) is 0. The maximum atomic E-state index is 5.40. The monoisotopic (exact) mass is 242 g/mol. The van der Waals surface area contributed by atoms with Crippen LogP contribution in [0, 0.1) is 0 Å². The van der Waals surface area contributed by atoms with Crippen molar-refractivity contribution < 1.29 is 9.47 Å². The summed E-state index contributed by atoms with van der Waals surface area (Å²) in [5, 5.41) is 0. The van der Waals surface area contributed by atoms with Crippen molar-refractivity contribution in [2.24, 2.45) is 0 Å². The summed E-state index contributed by atoms with van der Waals surface area (Å²) in [4.78, 5) is 0. The minimum absolute atomic E-state index is 0.453. The fraction of sp³-hybridized carbons (Fsp3) is 0.867. The van der Waals surface area contributed by atoms with E-state index in [4.69, 9.17) is 9.47 Å². The van der Waals surface area contributed by atoms with Gasteiger partial charge < -0.3 is 9.47 Å². The Morgan fingerprint density at radius 1 is 0.765 bits per heavy atom. The highest BCUT2D eigenvalue weighted by Gasteiger charge is 1.91. The first-order chi connectivity index (χ1) is 8.41. The van der Waals surface area contributed by atoms with Gasteiger partial charge in [-0.25, -0.2) is 0 Å². The first kappa shape index (κ1) is 16.7. The molecule has 0 radical (unpaired) electrons. The normalized spacial score (nSPS) is 11.4. The Hall–Kier alpha value is -0.340. The molecule has 0 amide bonds. The third kappa shape index (κ3) is 15.7. The van der Waals surface area contributed by atoms with Crippen molar-refractivity contribution >= 4 is 0 Å². The zero-order valence-corrected chi connectivity index (χ0v) is 11.7. The molecule has 17 heavy (non-hydrogen) atoms. The lowest BCUT2D eigenvalue weighted by atomic mass is 10.1. The molecule has 0 aromatic rings. The summed E-state index contributed by atoms with van der Waals surface area (Å²) in [6.45, 7) is 6.45. The van der Waals surface area contributed by atoms with Crippen LogP contribution in [0.5, 0.6) is 0 Å². The molecule has 0 atom stereocenters. The summed E-state index contributed by atoms with van der Waals surface area (Å²) in [7, 11) is 0. The lowest BCUT2D eigenvalue weighted by molar-refractivity contribution is -0.0531. The van der Waals surface area contributed by atoms with Gasteiger partial charge in [-0.05, 0) is 19.3 Å². The van der Waals surface area contributed by atoms with Gasteiger partial charge in [0.05, 0.1) is 6.61 Å². The zero-order chi connectivity index (χ0) is 12.6. The lowest BCUT2D eigenvalue weighted by Crippen LogP contribution is -2.02. The SMILES string of the molecule is CC/C=C\CCOCOCCCCCCCC. The van der Waals surface area contributed by atoms with E-state index in [0.29, 0.717) is 6.79 Å². The highest BCUT2D eigenvalue weighted by Crippen LogP contribution is 2.04. The second-order valence-corrected chi connectivity index (χ2v) is 4.37. The van der Waals surface area contributed by atoms with Gasteiger partial charge in [-0.2, -0.15) is 0 Å². The van der Waals surface area contributed by atoms with E-state index < -0.39 is 0 Å². The van der Waals surface area contributed by atoms with Crippen molar-refractivity contribution in [3.8, 4) is 0 Å². The first-order valence-corrected chi connectivity index (χ1v) is 7.22. The van der Waals surface area contributed by atoms with Crippen molar-refractivity contribution in [2.75, 3.05) is 20.0 Å². The molecule has 0 aliphatic carbocycles. The van der Waals surface area contributed by atoms with E-state index in [1.165, 1.54) is 38.5 Å². The predicted octanol–water partition coefficient (Wildman–Crippen LogP) is 4.69. The van der Waals surface area contributed by atoms with Crippen LogP contribution in [0.3, 0.4) is 0 Å². The van der Waals surface area contributed by atoms with Crippen molar-refractivity contribution in [1.82, 2.24) is 0 Å². The molecule has 0 unspecified atom stereocenters. The molecule has 0 aromatic carbocycles. The number of unbranched alkanes of at least 4 members (excludes halogenated alkanes) is 5. The highest BCUT2D eigenvalue weighted by atomic mass is 16.7. The largest absolute Gasteiger partial charge is 0.355 e. The third-order valence-electron chi connectivity index (χ3n) is 2.64. The summed E-state index contributed by atoms with van der Waals surface area (Å²) in [5.41, 5.74) is 0. The highest BCUT2D eigenvalue weighted by molar-refractivity contribution is 4.79. The first-order valence-electron chi connectivity index (χ1n) is 7.22. The Morgan fingerprint density at radius 2 is 1.47 bits per heavy atom.